The third kappa shape index (κ3) is 3.08. The van der Waals surface area contributed by atoms with Gasteiger partial charge in [-0.15, -0.1) is 12.4 Å². The zero-order valence-corrected chi connectivity index (χ0v) is 9.36. The number of alkyl halides is 2. The number of rotatable bonds is 2. The Labute approximate surface area is 94.6 Å². The number of benzene rings is 1. The Bertz CT molecular complexity index is 311. The van der Waals surface area contributed by atoms with Gasteiger partial charge in [0.05, 0.1) is 6.04 Å². The SMILES string of the molecule is Cl.N[C@@H](c1ccc(Br)cc1O)C(F)F. The first-order valence-corrected chi connectivity index (χ1v) is 4.34. The Balaban J connectivity index is 0.00000169. The van der Waals surface area contributed by atoms with Crippen LogP contribution < -0.4 is 5.73 Å². The van der Waals surface area contributed by atoms with E-state index in [0.29, 0.717) is 4.47 Å². The van der Waals surface area contributed by atoms with Crippen LogP contribution in [0.15, 0.2) is 22.7 Å². The van der Waals surface area contributed by atoms with Gasteiger partial charge in [0.25, 0.3) is 6.43 Å². The standard InChI is InChI=1S/C8H8BrF2NO.ClH/c9-4-1-2-5(6(13)3-4)7(12)8(10)11;/h1-3,7-8,13H,12H2;1H/t7-;/m0./s1. The molecule has 0 fully saturated rings. The summed E-state index contributed by atoms with van der Waals surface area (Å²) in [6, 6.07) is 2.82. The van der Waals surface area contributed by atoms with Crippen molar-refractivity contribution < 1.29 is 13.9 Å². The Morgan fingerprint density at radius 1 is 1.36 bits per heavy atom. The van der Waals surface area contributed by atoms with E-state index in [1.165, 1.54) is 12.1 Å². The van der Waals surface area contributed by atoms with Gasteiger partial charge in [0.1, 0.15) is 5.75 Å². The molecular formula is C8H9BrClF2NO. The monoisotopic (exact) mass is 287 g/mol. The lowest BCUT2D eigenvalue weighted by Crippen LogP contribution is -2.18. The molecule has 0 unspecified atom stereocenters. The molecule has 0 radical (unpaired) electrons. The molecule has 0 saturated heterocycles. The average molecular weight is 289 g/mol. The van der Waals surface area contributed by atoms with Crippen molar-refractivity contribution in [1.29, 1.82) is 0 Å². The Hall–Kier alpha value is -0.390. The van der Waals surface area contributed by atoms with Gasteiger partial charge in [0.2, 0.25) is 0 Å². The largest absolute Gasteiger partial charge is 0.508 e. The van der Waals surface area contributed by atoms with Crippen molar-refractivity contribution >= 4 is 28.3 Å². The summed E-state index contributed by atoms with van der Waals surface area (Å²) in [5.41, 5.74) is 5.22. The van der Waals surface area contributed by atoms with E-state index >= 15 is 0 Å². The third-order valence-electron chi connectivity index (χ3n) is 1.62. The van der Waals surface area contributed by atoms with E-state index in [1.807, 2.05) is 0 Å². The van der Waals surface area contributed by atoms with E-state index in [4.69, 9.17) is 5.73 Å². The summed E-state index contributed by atoms with van der Waals surface area (Å²) >= 11 is 3.09. The average Bonchev–Trinajstić information content (AvgIpc) is 2.03. The summed E-state index contributed by atoms with van der Waals surface area (Å²) in [6.45, 7) is 0. The molecule has 0 saturated carbocycles. The lowest BCUT2D eigenvalue weighted by atomic mass is 10.1. The number of phenols is 1. The molecule has 6 heteroatoms. The van der Waals surface area contributed by atoms with Crippen molar-refractivity contribution in [2.45, 2.75) is 12.5 Å². The van der Waals surface area contributed by atoms with Crippen LogP contribution in [0.5, 0.6) is 5.75 Å². The molecule has 1 atom stereocenters. The van der Waals surface area contributed by atoms with E-state index in [0.717, 1.165) is 0 Å². The van der Waals surface area contributed by atoms with Crippen LogP contribution in [-0.2, 0) is 0 Å². The molecule has 3 N–H and O–H groups in total. The maximum Gasteiger partial charge on any atom is 0.257 e. The van der Waals surface area contributed by atoms with Crippen LogP contribution in [0.1, 0.15) is 11.6 Å². The van der Waals surface area contributed by atoms with Crippen molar-refractivity contribution in [1.82, 2.24) is 0 Å². The van der Waals surface area contributed by atoms with Crippen LogP contribution >= 0.6 is 28.3 Å². The second kappa shape index (κ2) is 5.48. The second-order valence-corrected chi connectivity index (χ2v) is 3.48. The number of aromatic hydroxyl groups is 1. The molecule has 0 bridgehead atoms. The Kier molecular flexibility index (Phi) is 5.33. The molecule has 2 nitrogen and oxygen atoms in total. The fraction of sp³-hybridized carbons (Fsp3) is 0.250. The van der Waals surface area contributed by atoms with E-state index in [1.54, 1.807) is 6.07 Å². The fourth-order valence-electron chi connectivity index (χ4n) is 0.934. The van der Waals surface area contributed by atoms with Gasteiger partial charge in [-0.25, -0.2) is 8.78 Å². The summed E-state index contributed by atoms with van der Waals surface area (Å²) < 4.78 is 24.9. The van der Waals surface area contributed by atoms with Crippen LogP contribution in [0.25, 0.3) is 0 Å². The number of hydrogen-bond acceptors (Lipinski definition) is 2. The van der Waals surface area contributed by atoms with Crippen LogP contribution in [0, 0.1) is 0 Å². The third-order valence-corrected chi connectivity index (χ3v) is 2.12. The van der Waals surface area contributed by atoms with Crippen molar-refractivity contribution in [2.75, 3.05) is 0 Å². The van der Waals surface area contributed by atoms with E-state index in [9.17, 15) is 13.9 Å². The first kappa shape index (κ1) is 13.6. The zero-order valence-electron chi connectivity index (χ0n) is 6.95. The summed E-state index contributed by atoms with van der Waals surface area (Å²) in [5, 5.41) is 9.27. The summed E-state index contributed by atoms with van der Waals surface area (Å²) in [4.78, 5) is 0. The molecule has 14 heavy (non-hydrogen) atoms. The first-order valence-electron chi connectivity index (χ1n) is 3.54. The highest BCUT2D eigenvalue weighted by atomic mass is 79.9. The molecule has 1 aromatic carbocycles. The maximum absolute atomic E-state index is 12.1. The van der Waals surface area contributed by atoms with Crippen molar-refractivity contribution in [3.8, 4) is 5.75 Å². The second-order valence-electron chi connectivity index (χ2n) is 2.56. The molecule has 0 aliphatic rings. The molecule has 80 valence electrons. The van der Waals surface area contributed by atoms with Gasteiger partial charge in [0.15, 0.2) is 0 Å². The smallest absolute Gasteiger partial charge is 0.257 e. The van der Waals surface area contributed by atoms with Gasteiger partial charge < -0.3 is 10.8 Å². The zero-order chi connectivity index (χ0) is 10.0. The molecule has 0 aliphatic heterocycles. The summed E-state index contributed by atoms with van der Waals surface area (Å²) in [7, 11) is 0. The minimum atomic E-state index is -2.67. The highest BCUT2D eigenvalue weighted by molar-refractivity contribution is 9.10. The molecule has 0 heterocycles. The highest BCUT2D eigenvalue weighted by Crippen LogP contribution is 2.29. The molecular weight excluding hydrogens is 279 g/mol. The number of nitrogens with two attached hydrogens (primary N) is 1. The quantitative estimate of drug-likeness (QED) is 0.879. The van der Waals surface area contributed by atoms with Crippen molar-refractivity contribution in [2.24, 2.45) is 5.73 Å². The predicted molar refractivity (Wildman–Crippen MR) is 56.0 cm³/mol. The van der Waals surface area contributed by atoms with Crippen molar-refractivity contribution in [3.05, 3.63) is 28.2 Å². The molecule has 0 spiro atoms. The van der Waals surface area contributed by atoms with E-state index in [2.05, 4.69) is 15.9 Å². The molecule has 1 rings (SSSR count). The lowest BCUT2D eigenvalue weighted by Gasteiger charge is -2.12. The van der Waals surface area contributed by atoms with Crippen LogP contribution in [-0.4, -0.2) is 11.5 Å². The van der Waals surface area contributed by atoms with Gasteiger partial charge >= 0.3 is 0 Å². The van der Waals surface area contributed by atoms with Crippen LogP contribution in [0.4, 0.5) is 8.78 Å². The normalized spacial score (nSPS) is 12.4. The van der Waals surface area contributed by atoms with Gasteiger partial charge in [-0.1, -0.05) is 22.0 Å². The Morgan fingerprint density at radius 3 is 2.36 bits per heavy atom. The van der Waals surface area contributed by atoms with Crippen molar-refractivity contribution in [3.63, 3.8) is 0 Å². The molecule has 0 aliphatic carbocycles. The van der Waals surface area contributed by atoms with E-state index < -0.39 is 12.5 Å². The number of hydrogen-bond donors (Lipinski definition) is 2. The minimum absolute atomic E-state index is 0. The minimum Gasteiger partial charge on any atom is -0.508 e. The van der Waals surface area contributed by atoms with Crippen LogP contribution in [0.3, 0.4) is 0 Å². The summed E-state index contributed by atoms with van der Waals surface area (Å²) in [6.07, 6.45) is -2.67. The first-order chi connectivity index (χ1) is 6.02. The fourth-order valence-corrected chi connectivity index (χ4v) is 1.28. The predicted octanol–water partition coefficient (Wildman–Crippen LogP) is 2.84. The maximum atomic E-state index is 12.1. The topological polar surface area (TPSA) is 46.2 Å². The van der Waals surface area contributed by atoms with Gasteiger partial charge in [-0.05, 0) is 12.1 Å². The molecule has 0 aromatic heterocycles. The lowest BCUT2D eigenvalue weighted by molar-refractivity contribution is 0.115. The van der Waals surface area contributed by atoms with E-state index in [-0.39, 0.29) is 23.7 Å². The molecule has 1 aromatic rings. The number of halogens is 4. The van der Waals surface area contributed by atoms with Gasteiger partial charge in [-0.2, -0.15) is 0 Å². The number of phenolic OH excluding ortho intramolecular Hbond substituents is 1. The van der Waals surface area contributed by atoms with Crippen LogP contribution in [0.2, 0.25) is 0 Å². The summed E-state index contributed by atoms with van der Waals surface area (Å²) in [5.74, 6) is -0.220. The Morgan fingerprint density at radius 2 is 1.93 bits per heavy atom. The van der Waals surface area contributed by atoms with Gasteiger partial charge in [-0.3, -0.25) is 0 Å². The molecule has 0 amide bonds. The highest BCUT2D eigenvalue weighted by Gasteiger charge is 2.20. The van der Waals surface area contributed by atoms with Gasteiger partial charge in [0, 0.05) is 10.0 Å².